The van der Waals surface area contributed by atoms with E-state index in [4.69, 9.17) is 0 Å². The molecule has 2 aromatic carbocycles. The van der Waals surface area contributed by atoms with E-state index in [2.05, 4.69) is 55.0 Å². The Morgan fingerprint density at radius 1 is 1.06 bits per heavy atom. The van der Waals surface area contributed by atoms with Crippen LogP contribution in [0, 0.1) is 5.41 Å². The highest BCUT2D eigenvalue weighted by Gasteiger charge is 2.55. The number of aliphatic hydroxyl groups is 1. The summed E-state index contributed by atoms with van der Waals surface area (Å²) in [6, 6.07) is 17.7. The van der Waals surface area contributed by atoms with Gasteiger partial charge in [-0.05, 0) is 41.8 Å². The number of aromatic nitrogens is 2. The Morgan fingerprint density at radius 3 is 2.39 bits per heavy atom. The fourth-order valence-electron chi connectivity index (χ4n) is 5.47. The van der Waals surface area contributed by atoms with Gasteiger partial charge in [0.15, 0.2) is 5.82 Å². The number of nitrogens with zero attached hydrogens (tertiary/aromatic N) is 4. The molecule has 1 amide bonds. The van der Waals surface area contributed by atoms with Crippen LogP contribution in [0.25, 0.3) is 0 Å². The fraction of sp³-hybridized carbons (Fsp3) is 0.370. The first kappa shape index (κ1) is 21.7. The number of hydrogen-bond donors (Lipinski definition) is 1. The molecule has 2 aliphatic rings. The number of carbonyl (C=O) groups is 1. The third kappa shape index (κ3) is 3.36. The Labute approximate surface area is 194 Å². The molecule has 0 saturated carbocycles. The highest BCUT2D eigenvalue weighted by Crippen LogP contribution is 2.50. The molecule has 0 spiro atoms. The summed E-state index contributed by atoms with van der Waals surface area (Å²) in [5.41, 5.74) is 2.71. The Kier molecular flexibility index (Phi) is 5.10. The molecule has 1 saturated heterocycles. The van der Waals surface area contributed by atoms with Gasteiger partial charge in [-0.15, -0.1) is 5.10 Å². The number of benzene rings is 2. The van der Waals surface area contributed by atoms with Gasteiger partial charge in [0.2, 0.25) is 0 Å². The van der Waals surface area contributed by atoms with Gasteiger partial charge in [0.1, 0.15) is 5.60 Å². The molecule has 0 bridgehead atoms. The Morgan fingerprint density at radius 2 is 1.76 bits per heavy atom. The largest absolute Gasteiger partial charge is 0.380 e. The SMILES string of the molecule is CC(C)c1ccc([C@](O)(c2cnnc(N3Cc4ccccc4C3=O)c2)C2(C)CN(C)C2)cc1. The zero-order valence-electron chi connectivity index (χ0n) is 19.6. The number of rotatable bonds is 5. The highest BCUT2D eigenvalue weighted by molar-refractivity contribution is 6.09. The summed E-state index contributed by atoms with van der Waals surface area (Å²) in [6.07, 6.45) is 1.64. The summed E-state index contributed by atoms with van der Waals surface area (Å²) >= 11 is 0. The summed E-state index contributed by atoms with van der Waals surface area (Å²) in [5, 5.41) is 20.9. The van der Waals surface area contributed by atoms with E-state index < -0.39 is 11.0 Å². The predicted octanol–water partition coefficient (Wildman–Crippen LogP) is 3.95. The third-order valence-corrected chi connectivity index (χ3v) is 7.26. The zero-order valence-corrected chi connectivity index (χ0v) is 19.6. The monoisotopic (exact) mass is 442 g/mol. The van der Waals surface area contributed by atoms with Crippen LogP contribution >= 0.6 is 0 Å². The van der Waals surface area contributed by atoms with E-state index in [1.165, 1.54) is 5.56 Å². The van der Waals surface area contributed by atoms with Crippen LogP contribution in [0.4, 0.5) is 5.82 Å². The Bertz CT molecular complexity index is 1200. The lowest BCUT2D eigenvalue weighted by atomic mass is 9.62. The minimum Gasteiger partial charge on any atom is -0.380 e. The highest BCUT2D eigenvalue weighted by atomic mass is 16.3. The van der Waals surface area contributed by atoms with Gasteiger partial charge in [-0.3, -0.25) is 9.69 Å². The second kappa shape index (κ2) is 7.75. The molecule has 1 atom stereocenters. The molecule has 0 unspecified atom stereocenters. The maximum atomic E-state index is 13.0. The van der Waals surface area contributed by atoms with Crippen molar-refractivity contribution in [1.82, 2.24) is 15.1 Å². The second-order valence-electron chi connectivity index (χ2n) is 10.1. The van der Waals surface area contributed by atoms with Crippen molar-refractivity contribution in [2.75, 3.05) is 25.0 Å². The number of anilines is 1. The first-order valence-electron chi connectivity index (χ1n) is 11.5. The van der Waals surface area contributed by atoms with E-state index in [-0.39, 0.29) is 5.91 Å². The van der Waals surface area contributed by atoms with Crippen LogP contribution in [0.15, 0.2) is 60.8 Å². The van der Waals surface area contributed by atoms with E-state index >= 15 is 0 Å². The number of carbonyl (C=O) groups excluding carboxylic acids is 1. The van der Waals surface area contributed by atoms with Gasteiger partial charge in [-0.1, -0.05) is 63.2 Å². The smallest absolute Gasteiger partial charge is 0.260 e. The minimum atomic E-state index is -1.27. The first-order valence-corrected chi connectivity index (χ1v) is 11.5. The van der Waals surface area contributed by atoms with Crippen molar-refractivity contribution in [3.05, 3.63) is 88.6 Å². The van der Waals surface area contributed by atoms with Crippen molar-refractivity contribution in [1.29, 1.82) is 0 Å². The molecule has 33 heavy (non-hydrogen) atoms. The summed E-state index contributed by atoms with van der Waals surface area (Å²) in [7, 11) is 2.06. The number of amides is 1. The fourth-order valence-corrected chi connectivity index (χ4v) is 5.47. The molecule has 0 aliphatic carbocycles. The number of fused-ring (bicyclic) bond motifs is 1. The molecule has 1 aromatic heterocycles. The molecule has 5 rings (SSSR count). The Balaban J connectivity index is 1.58. The summed E-state index contributed by atoms with van der Waals surface area (Å²) < 4.78 is 0. The van der Waals surface area contributed by atoms with Crippen LogP contribution in [0.3, 0.4) is 0 Å². The Hall–Kier alpha value is -3.09. The van der Waals surface area contributed by atoms with Crippen LogP contribution in [-0.4, -0.2) is 46.2 Å². The molecule has 3 heterocycles. The second-order valence-corrected chi connectivity index (χ2v) is 10.1. The van der Waals surface area contributed by atoms with Gasteiger partial charge in [-0.2, -0.15) is 5.10 Å². The van der Waals surface area contributed by atoms with Crippen LogP contribution < -0.4 is 4.90 Å². The molecule has 1 N–H and O–H groups in total. The minimum absolute atomic E-state index is 0.0866. The van der Waals surface area contributed by atoms with E-state index in [9.17, 15) is 9.90 Å². The van der Waals surface area contributed by atoms with Crippen LogP contribution in [0.5, 0.6) is 0 Å². The topological polar surface area (TPSA) is 69.6 Å². The standard InChI is InChI=1S/C27H30N4O2/c1-18(2)19-9-11-21(12-10-19)27(33,26(3)16-30(4)17-26)22-13-24(29-28-14-22)31-15-20-7-5-6-8-23(20)25(31)32/h5-14,18,33H,15-17H2,1-4H3/t27-/m0/s1. The summed E-state index contributed by atoms with van der Waals surface area (Å²) in [6.45, 7) is 8.39. The van der Waals surface area contributed by atoms with Crippen LogP contribution in [0.1, 0.15) is 59.3 Å². The molecule has 0 radical (unpaired) electrons. The molecule has 3 aromatic rings. The lowest BCUT2D eigenvalue weighted by Gasteiger charge is -2.55. The third-order valence-electron chi connectivity index (χ3n) is 7.26. The van der Waals surface area contributed by atoms with Crippen LogP contribution in [-0.2, 0) is 12.1 Å². The molecular formula is C27H30N4O2. The van der Waals surface area contributed by atoms with Gasteiger partial charge in [0.05, 0.1) is 12.7 Å². The van der Waals surface area contributed by atoms with E-state index in [0.29, 0.717) is 29.4 Å². The molecule has 6 heteroatoms. The van der Waals surface area contributed by atoms with E-state index in [1.807, 2.05) is 42.5 Å². The van der Waals surface area contributed by atoms with Gasteiger partial charge in [-0.25, -0.2) is 0 Å². The maximum Gasteiger partial charge on any atom is 0.260 e. The zero-order chi connectivity index (χ0) is 23.4. The van der Waals surface area contributed by atoms with Crippen LogP contribution in [0.2, 0.25) is 0 Å². The predicted molar refractivity (Wildman–Crippen MR) is 128 cm³/mol. The number of hydrogen-bond acceptors (Lipinski definition) is 5. The van der Waals surface area contributed by atoms with Crippen molar-refractivity contribution in [2.45, 2.75) is 38.8 Å². The van der Waals surface area contributed by atoms with Gasteiger partial charge in [0, 0.05) is 29.6 Å². The van der Waals surface area contributed by atoms with Gasteiger partial charge in [0.25, 0.3) is 5.91 Å². The van der Waals surface area contributed by atoms with Crippen molar-refractivity contribution in [2.24, 2.45) is 5.41 Å². The van der Waals surface area contributed by atoms with Crippen molar-refractivity contribution >= 4 is 11.7 Å². The van der Waals surface area contributed by atoms with Gasteiger partial charge < -0.3 is 10.0 Å². The van der Waals surface area contributed by atoms with E-state index in [0.717, 1.165) is 24.2 Å². The normalized spacial score (nSPS) is 19.3. The number of likely N-dealkylation sites (tertiary alicyclic amines) is 1. The summed E-state index contributed by atoms with van der Waals surface area (Å²) in [4.78, 5) is 16.9. The quantitative estimate of drug-likeness (QED) is 0.648. The maximum absolute atomic E-state index is 13.0. The molecule has 2 aliphatic heterocycles. The molecule has 6 nitrogen and oxygen atoms in total. The van der Waals surface area contributed by atoms with Crippen molar-refractivity contribution in [3.8, 4) is 0 Å². The average Bonchev–Trinajstić information content (AvgIpc) is 3.14. The first-order chi connectivity index (χ1) is 15.7. The van der Waals surface area contributed by atoms with E-state index in [1.54, 1.807) is 11.1 Å². The van der Waals surface area contributed by atoms with Crippen molar-refractivity contribution < 1.29 is 9.90 Å². The lowest BCUT2D eigenvalue weighted by molar-refractivity contribution is -0.127. The van der Waals surface area contributed by atoms with Gasteiger partial charge >= 0.3 is 0 Å². The molecule has 170 valence electrons. The lowest BCUT2D eigenvalue weighted by Crippen LogP contribution is -2.63. The summed E-state index contributed by atoms with van der Waals surface area (Å²) in [5.74, 6) is 0.785. The average molecular weight is 443 g/mol. The van der Waals surface area contributed by atoms with Crippen molar-refractivity contribution in [3.63, 3.8) is 0 Å². The molecular weight excluding hydrogens is 412 g/mol. The molecule has 1 fully saturated rings.